The van der Waals surface area contributed by atoms with Crippen LogP contribution in [0, 0.1) is 12.3 Å². The molecular weight excluding hydrogens is 372 g/mol. The fourth-order valence-electron chi connectivity index (χ4n) is 2.63. The molecule has 0 heterocycles. The van der Waals surface area contributed by atoms with Crippen LogP contribution in [0.15, 0.2) is 36.4 Å². The first-order valence-corrected chi connectivity index (χ1v) is 8.93. The van der Waals surface area contributed by atoms with Gasteiger partial charge in [-0.05, 0) is 42.8 Å². The van der Waals surface area contributed by atoms with Gasteiger partial charge in [-0.1, -0.05) is 18.1 Å². The number of hydrogen-bond donors (Lipinski definition) is 0. The van der Waals surface area contributed by atoms with Gasteiger partial charge in [-0.2, -0.15) is 0 Å². The van der Waals surface area contributed by atoms with Crippen LogP contribution >= 0.6 is 0 Å². The number of carbonyl (C=O) groups is 1. The minimum atomic E-state index is -0.213. The second-order valence-corrected chi connectivity index (χ2v) is 5.74. The number of terminal acetylenes is 1. The van der Waals surface area contributed by atoms with Gasteiger partial charge in [0.2, 0.25) is 5.75 Å². The van der Waals surface area contributed by atoms with Crippen molar-refractivity contribution in [3.63, 3.8) is 0 Å². The molecule has 0 unspecified atom stereocenters. The summed E-state index contributed by atoms with van der Waals surface area (Å²) in [5, 5.41) is 0. The van der Waals surface area contributed by atoms with Crippen LogP contribution in [0.5, 0.6) is 28.7 Å². The summed E-state index contributed by atoms with van der Waals surface area (Å²) >= 11 is 0. The van der Waals surface area contributed by atoms with Gasteiger partial charge in [-0.15, -0.1) is 6.42 Å². The Kier molecular flexibility index (Phi) is 7.99. The first-order valence-electron chi connectivity index (χ1n) is 8.93. The smallest absolute Gasteiger partial charge is 0.203 e. The van der Waals surface area contributed by atoms with Crippen molar-refractivity contribution in [2.45, 2.75) is 6.92 Å². The fourth-order valence-corrected chi connectivity index (χ4v) is 2.63. The third kappa shape index (κ3) is 5.45. The Morgan fingerprint density at radius 1 is 0.966 bits per heavy atom. The molecule has 0 aliphatic rings. The molecule has 0 N–H and O–H groups in total. The molecule has 0 saturated carbocycles. The van der Waals surface area contributed by atoms with Gasteiger partial charge in [0.1, 0.15) is 6.61 Å². The number of carbonyl (C=O) groups excluding carboxylic acids is 1. The predicted molar refractivity (Wildman–Crippen MR) is 111 cm³/mol. The zero-order valence-electron chi connectivity index (χ0n) is 17.0. The van der Waals surface area contributed by atoms with E-state index >= 15 is 0 Å². The monoisotopic (exact) mass is 396 g/mol. The second kappa shape index (κ2) is 10.7. The largest absolute Gasteiger partial charge is 0.493 e. The summed E-state index contributed by atoms with van der Waals surface area (Å²) in [5.74, 6) is 4.58. The summed E-state index contributed by atoms with van der Waals surface area (Å²) in [6, 6.07) is 8.57. The normalized spacial score (nSPS) is 10.3. The van der Waals surface area contributed by atoms with E-state index in [0.717, 1.165) is 5.56 Å². The zero-order valence-corrected chi connectivity index (χ0v) is 17.0. The summed E-state index contributed by atoms with van der Waals surface area (Å²) in [7, 11) is 4.51. The van der Waals surface area contributed by atoms with E-state index < -0.39 is 0 Å². The van der Waals surface area contributed by atoms with Gasteiger partial charge in [-0.3, -0.25) is 4.79 Å². The van der Waals surface area contributed by atoms with Crippen molar-refractivity contribution >= 4 is 11.9 Å². The van der Waals surface area contributed by atoms with Crippen LogP contribution < -0.4 is 23.7 Å². The first kappa shape index (κ1) is 21.7. The zero-order chi connectivity index (χ0) is 21.2. The molecule has 0 bridgehead atoms. The standard InChI is InChI=1S/C23H24O6/c1-6-12-29-19-11-9-16(13-20(19)28-7-2)8-10-18(24)17-14-21(25-3)23(27-5)22(15-17)26-4/h1,8-11,13-15H,7,12H2,2-5H3/b10-8+. The molecule has 152 valence electrons. The van der Waals surface area contributed by atoms with Crippen molar-refractivity contribution in [3.8, 4) is 41.1 Å². The number of ketones is 1. The van der Waals surface area contributed by atoms with Crippen molar-refractivity contribution in [1.29, 1.82) is 0 Å². The SMILES string of the molecule is C#CCOc1ccc(/C=C/C(=O)c2cc(OC)c(OC)c(OC)c2)cc1OCC. The van der Waals surface area contributed by atoms with E-state index in [0.29, 0.717) is 40.9 Å². The van der Waals surface area contributed by atoms with Crippen molar-refractivity contribution < 1.29 is 28.5 Å². The highest BCUT2D eigenvalue weighted by Gasteiger charge is 2.15. The molecular formula is C23H24O6. The van der Waals surface area contributed by atoms with E-state index in [1.165, 1.54) is 27.4 Å². The third-order valence-electron chi connectivity index (χ3n) is 3.96. The molecule has 0 saturated heterocycles. The van der Waals surface area contributed by atoms with Crippen molar-refractivity contribution in [1.82, 2.24) is 0 Å². The summed E-state index contributed by atoms with van der Waals surface area (Å²) < 4.78 is 26.9. The maximum Gasteiger partial charge on any atom is 0.203 e. The predicted octanol–water partition coefficient (Wildman–Crippen LogP) is 4.02. The second-order valence-electron chi connectivity index (χ2n) is 5.74. The minimum absolute atomic E-state index is 0.148. The molecule has 6 heteroatoms. The summed E-state index contributed by atoms with van der Waals surface area (Å²) in [6.45, 7) is 2.50. The third-order valence-corrected chi connectivity index (χ3v) is 3.96. The Hall–Kier alpha value is -3.59. The maximum atomic E-state index is 12.7. The lowest BCUT2D eigenvalue weighted by atomic mass is 10.1. The highest BCUT2D eigenvalue weighted by Crippen LogP contribution is 2.38. The summed E-state index contributed by atoms with van der Waals surface area (Å²) in [4.78, 5) is 12.7. The number of hydrogen-bond acceptors (Lipinski definition) is 6. The molecule has 0 fully saturated rings. The Morgan fingerprint density at radius 3 is 2.21 bits per heavy atom. The number of allylic oxidation sites excluding steroid dienone is 1. The van der Waals surface area contributed by atoms with Crippen LogP contribution in [0.1, 0.15) is 22.8 Å². The first-order chi connectivity index (χ1) is 14.1. The van der Waals surface area contributed by atoms with E-state index in [4.69, 9.17) is 30.1 Å². The van der Waals surface area contributed by atoms with E-state index in [9.17, 15) is 4.79 Å². The van der Waals surface area contributed by atoms with Gasteiger partial charge in [-0.25, -0.2) is 0 Å². The summed E-state index contributed by atoms with van der Waals surface area (Å²) in [5.41, 5.74) is 1.19. The van der Waals surface area contributed by atoms with E-state index in [1.54, 1.807) is 30.3 Å². The molecule has 2 aromatic carbocycles. The van der Waals surface area contributed by atoms with Crippen LogP contribution in [0.3, 0.4) is 0 Å². The van der Waals surface area contributed by atoms with Crippen LogP contribution in [0.4, 0.5) is 0 Å². The Balaban J connectivity index is 2.28. The highest BCUT2D eigenvalue weighted by molar-refractivity contribution is 6.07. The fraction of sp³-hybridized carbons (Fsp3) is 0.261. The van der Waals surface area contributed by atoms with Gasteiger partial charge >= 0.3 is 0 Å². The molecule has 2 rings (SSSR count). The molecule has 29 heavy (non-hydrogen) atoms. The molecule has 6 nitrogen and oxygen atoms in total. The lowest BCUT2D eigenvalue weighted by Crippen LogP contribution is -2.01. The average Bonchev–Trinajstić information content (AvgIpc) is 2.75. The van der Waals surface area contributed by atoms with Crippen molar-refractivity contribution in [3.05, 3.63) is 47.5 Å². The Bertz CT molecular complexity index is 898. The van der Waals surface area contributed by atoms with Crippen molar-refractivity contribution in [2.75, 3.05) is 34.5 Å². The van der Waals surface area contributed by atoms with Crippen LogP contribution in [0.2, 0.25) is 0 Å². The molecule has 2 aromatic rings. The topological polar surface area (TPSA) is 63.2 Å². The summed E-state index contributed by atoms with van der Waals surface area (Å²) in [6.07, 6.45) is 8.40. The number of benzene rings is 2. The Morgan fingerprint density at radius 2 is 1.66 bits per heavy atom. The van der Waals surface area contributed by atoms with Gasteiger partial charge in [0.15, 0.2) is 28.8 Å². The van der Waals surface area contributed by atoms with Crippen LogP contribution in [-0.4, -0.2) is 40.3 Å². The molecule has 0 spiro atoms. The quantitative estimate of drug-likeness (QED) is 0.343. The van der Waals surface area contributed by atoms with Crippen molar-refractivity contribution in [2.24, 2.45) is 0 Å². The van der Waals surface area contributed by atoms with Crippen LogP contribution in [-0.2, 0) is 0 Å². The number of methoxy groups -OCH3 is 3. The highest BCUT2D eigenvalue weighted by atomic mass is 16.5. The van der Waals surface area contributed by atoms with Gasteiger partial charge < -0.3 is 23.7 Å². The molecule has 0 atom stereocenters. The molecule has 0 aromatic heterocycles. The lowest BCUT2D eigenvalue weighted by Gasteiger charge is -2.13. The number of ether oxygens (including phenoxy) is 5. The molecule has 0 amide bonds. The maximum absolute atomic E-state index is 12.7. The molecule has 0 aliphatic carbocycles. The van der Waals surface area contributed by atoms with Gasteiger partial charge in [0.25, 0.3) is 0 Å². The lowest BCUT2D eigenvalue weighted by molar-refractivity contribution is 0.104. The van der Waals surface area contributed by atoms with Crippen LogP contribution in [0.25, 0.3) is 6.08 Å². The average molecular weight is 396 g/mol. The van der Waals surface area contributed by atoms with E-state index in [-0.39, 0.29) is 12.4 Å². The van der Waals surface area contributed by atoms with E-state index in [1.807, 2.05) is 13.0 Å². The van der Waals surface area contributed by atoms with Gasteiger partial charge in [0, 0.05) is 5.56 Å². The van der Waals surface area contributed by atoms with E-state index in [2.05, 4.69) is 5.92 Å². The minimum Gasteiger partial charge on any atom is -0.493 e. The Labute approximate surface area is 171 Å². The molecule has 0 radical (unpaired) electrons. The number of rotatable bonds is 10. The molecule has 0 aliphatic heterocycles. The van der Waals surface area contributed by atoms with Gasteiger partial charge in [0.05, 0.1) is 27.9 Å².